The summed E-state index contributed by atoms with van der Waals surface area (Å²) in [6, 6.07) is 3.23. The predicted octanol–water partition coefficient (Wildman–Crippen LogP) is 1.41. The Morgan fingerprint density at radius 2 is 2.45 bits per heavy atom. The van der Waals surface area contributed by atoms with Gasteiger partial charge in [-0.3, -0.25) is 0 Å². The Bertz CT molecular complexity index is 277. The fraction of sp³-hybridized carbons (Fsp3) is 0. The van der Waals surface area contributed by atoms with Gasteiger partial charge >= 0.3 is 5.97 Å². The van der Waals surface area contributed by atoms with Crippen LogP contribution in [0.5, 0.6) is 0 Å². The highest BCUT2D eigenvalue weighted by Crippen LogP contribution is 2.04. The zero-order valence-electron chi connectivity index (χ0n) is 5.54. The molecule has 0 saturated carbocycles. The quantitative estimate of drug-likeness (QED) is 0.634. The summed E-state index contributed by atoms with van der Waals surface area (Å²) in [6.45, 7) is 0. The molecule has 4 heteroatoms. The molecule has 1 rings (SSSR count). The second kappa shape index (κ2) is 3.01. The Balaban J connectivity index is 2.82. The van der Waals surface area contributed by atoms with E-state index < -0.39 is 11.8 Å². The Kier molecular flexibility index (Phi) is 2.06. The molecule has 0 aliphatic rings. The number of aromatic amines is 1. The maximum absolute atomic E-state index is 12.3. The van der Waals surface area contributed by atoms with Crippen molar-refractivity contribution in [1.82, 2.24) is 4.98 Å². The van der Waals surface area contributed by atoms with Gasteiger partial charge in [0.2, 0.25) is 5.83 Å². The van der Waals surface area contributed by atoms with Crippen molar-refractivity contribution in [2.24, 2.45) is 0 Å². The summed E-state index contributed by atoms with van der Waals surface area (Å²) < 4.78 is 12.3. The van der Waals surface area contributed by atoms with Crippen LogP contribution < -0.4 is 0 Å². The number of hydrogen-bond donors (Lipinski definition) is 2. The van der Waals surface area contributed by atoms with Crippen LogP contribution in [0, 0.1) is 0 Å². The smallest absolute Gasteiger partial charge is 0.364 e. The fourth-order valence-electron chi connectivity index (χ4n) is 0.632. The van der Waals surface area contributed by atoms with Crippen LogP contribution in [0.3, 0.4) is 0 Å². The van der Waals surface area contributed by atoms with Gasteiger partial charge in [0.05, 0.1) is 0 Å². The molecular formula is C7H6FNO2. The SMILES string of the molecule is O=C(O)C(F)=Cc1ccc[nH]1. The first-order valence-corrected chi connectivity index (χ1v) is 2.94. The number of rotatable bonds is 2. The molecule has 3 nitrogen and oxygen atoms in total. The molecule has 1 aromatic rings. The van der Waals surface area contributed by atoms with Crippen molar-refractivity contribution in [2.45, 2.75) is 0 Å². The van der Waals surface area contributed by atoms with Crippen molar-refractivity contribution >= 4 is 12.0 Å². The minimum atomic E-state index is -1.56. The highest BCUT2D eigenvalue weighted by molar-refractivity contribution is 5.89. The molecule has 0 atom stereocenters. The third kappa shape index (κ3) is 1.93. The molecule has 0 aliphatic carbocycles. The highest BCUT2D eigenvalue weighted by atomic mass is 19.1. The van der Waals surface area contributed by atoms with Crippen molar-refractivity contribution in [3.63, 3.8) is 0 Å². The van der Waals surface area contributed by atoms with Crippen molar-refractivity contribution in [1.29, 1.82) is 0 Å². The van der Waals surface area contributed by atoms with Crippen molar-refractivity contribution in [2.75, 3.05) is 0 Å². The van der Waals surface area contributed by atoms with Crippen LogP contribution in [0.4, 0.5) is 4.39 Å². The monoisotopic (exact) mass is 155 g/mol. The maximum Gasteiger partial charge on any atom is 0.364 e. The molecule has 0 aromatic carbocycles. The van der Waals surface area contributed by atoms with E-state index in [1.165, 1.54) is 0 Å². The van der Waals surface area contributed by atoms with E-state index in [0.29, 0.717) is 5.69 Å². The minimum Gasteiger partial charge on any atom is -0.476 e. The van der Waals surface area contributed by atoms with Crippen LogP contribution in [0.25, 0.3) is 6.08 Å². The molecule has 0 saturated heterocycles. The molecule has 0 amide bonds. The lowest BCUT2D eigenvalue weighted by atomic mass is 10.4. The van der Waals surface area contributed by atoms with Gasteiger partial charge in [0.1, 0.15) is 0 Å². The van der Waals surface area contributed by atoms with E-state index in [4.69, 9.17) is 5.11 Å². The summed E-state index contributed by atoms with van der Waals surface area (Å²) >= 11 is 0. The van der Waals surface area contributed by atoms with E-state index in [-0.39, 0.29) is 0 Å². The first-order chi connectivity index (χ1) is 5.20. The predicted molar refractivity (Wildman–Crippen MR) is 37.5 cm³/mol. The number of H-pyrrole nitrogens is 1. The zero-order valence-corrected chi connectivity index (χ0v) is 5.54. The van der Waals surface area contributed by atoms with Crippen molar-refractivity contribution < 1.29 is 14.3 Å². The average Bonchev–Trinajstić information content (AvgIpc) is 2.39. The number of nitrogens with one attached hydrogen (secondary N) is 1. The molecule has 0 radical (unpaired) electrons. The molecule has 1 heterocycles. The van der Waals surface area contributed by atoms with Gasteiger partial charge in [0, 0.05) is 18.0 Å². The molecule has 0 unspecified atom stereocenters. The van der Waals surface area contributed by atoms with Crippen LogP contribution in [0.1, 0.15) is 5.69 Å². The lowest BCUT2D eigenvalue weighted by Crippen LogP contribution is -1.93. The summed E-state index contributed by atoms with van der Waals surface area (Å²) in [5, 5.41) is 8.12. The van der Waals surface area contributed by atoms with Gasteiger partial charge in [-0.15, -0.1) is 0 Å². The van der Waals surface area contributed by atoms with E-state index in [1.807, 2.05) is 0 Å². The van der Waals surface area contributed by atoms with Gasteiger partial charge in [-0.2, -0.15) is 4.39 Å². The number of hydrogen-bond acceptors (Lipinski definition) is 1. The van der Waals surface area contributed by atoms with E-state index >= 15 is 0 Å². The van der Waals surface area contributed by atoms with Crippen molar-refractivity contribution in [3.05, 3.63) is 29.9 Å². The van der Waals surface area contributed by atoms with Crippen LogP contribution in [0.15, 0.2) is 24.2 Å². The van der Waals surface area contributed by atoms with Gasteiger partial charge in [0.25, 0.3) is 0 Å². The normalized spacial score (nSPS) is 11.5. The zero-order chi connectivity index (χ0) is 8.27. The van der Waals surface area contributed by atoms with Crippen LogP contribution in [-0.2, 0) is 4.79 Å². The third-order valence-electron chi connectivity index (χ3n) is 1.11. The number of aromatic nitrogens is 1. The minimum absolute atomic E-state index is 0.435. The molecular weight excluding hydrogens is 149 g/mol. The van der Waals surface area contributed by atoms with E-state index in [0.717, 1.165) is 6.08 Å². The molecule has 1 aromatic heterocycles. The van der Waals surface area contributed by atoms with Gasteiger partial charge in [-0.1, -0.05) is 0 Å². The molecule has 11 heavy (non-hydrogen) atoms. The summed E-state index contributed by atoms with van der Waals surface area (Å²) in [4.78, 5) is 12.6. The standard InChI is InChI=1S/C7H6FNO2/c8-6(7(10)11)4-5-2-1-3-9-5/h1-4,9H,(H,10,11). The number of carboxylic acids is 1. The number of carbonyl (C=O) groups is 1. The van der Waals surface area contributed by atoms with Gasteiger partial charge in [-0.05, 0) is 12.1 Å². The Morgan fingerprint density at radius 3 is 2.91 bits per heavy atom. The fourth-order valence-corrected chi connectivity index (χ4v) is 0.632. The van der Waals surface area contributed by atoms with E-state index in [1.54, 1.807) is 18.3 Å². The highest BCUT2D eigenvalue weighted by Gasteiger charge is 2.04. The van der Waals surface area contributed by atoms with Gasteiger partial charge in [0.15, 0.2) is 0 Å². The molecule has 0 aliphatic heterocycles. The van der Waals surface area contributed by atoms with Crippen molar-refractivity contribution in [3.8, 4) is 0 Å². The van der Waals surface area contributed by atoms with Gasteiger partial charge < -0.3 is 10.1 Å². The Labute approximate surface area is 62.2 Å². The summed E-state index contributed by atoms with van der Waals surface area (Å²) in [5.74, 6) is -2.73. The molecule has 2 N–H and O–H groups in total. The van der Waals surface area contributed by atoms with Crippen LogP contribution in [0.2, 0.25) is 0 Å². The molecule has 0 fully saturated rings. The third-order valence-corrected chi connectivity index (χ3v) is 1.11. The van der Waals surface area contributed by atoms with E-state index in [9.17, 15) is 9.18 Å². The topological polar surface area (TPSA) is 53.1 Å². The number of carboxylic acid groups (broad SMARTS) is 1. The largest absolute Gasteiger partial charge is 0.476 e. The number of halogens is 1. The Morgan fingerprint density at radius 1 is 1.73 bits per heavy atom. The van der Waals surface area contributed by atoms with Gasteiger partial charge in [-0.25, -0.2) is 4.79 Å². The second-order valence-corrected chi connectivity index (χ2v) is 1.92. The second-order valence-electron chi connectivity index (χ2n) is 1.92. The Hall–Kier alpha value is -1.58. The summed E-state index contributed by atoms with van der Waals surface area (Å²) in [5.41, 5.74) is 0.435. The molecule has 0 bridgehead atoms. The molecule has 0 spiro atoms. The lowest BCUT2D eigenvalue weighted by Gasteiger charge is -1.86. The average molecular weight is 155 g/mol. The maximum atomic E-state index is 12.3. The summed E-state index contributed by atoms with van der Waals surface area (Å²) in [6.07, 6.45) is 2.50. The summed E-state index contributed by atoms with van der Waals surface area (Å²) in [7, 11) is 0. The lowest BCUT2D eigenvalue weighted by molar-refractivity contribution is -0.134. The first kappa shape index (κ1) is 7.53. The van der Waals surface area contributed by atoms with Crippen LogP contribution >= 0.6 is 0 Å². The van der Waals surface area contributed by atoms with E-state index in [2.05, 4.69) is 4.98 Å². The number of aliphatic carboxylic acids is 1. The van der Waals surface area contributed by atoms with Crippen LogP contribution in [-0.4, -0.2) is 16.1 Å². The molecule has 58 valence electrons. The first-order valence-electron chi connectivity index (χ1n) is 2.94.